The molecule has 1 aromatic rings. The van der Waals surface area contributed by atoms with Gasteiger partial charge in [-0.05, 0) is 30.4 Å². The van der Waals surface area contributed by atoms with Gasteiger partial charge in [-0.25, -0.2) is 0 Å². The third kappa shape index (κ3) is 0.969. The van der Waals surface area contributed by atoms with Crippen LogP contribution in [0.25, 0.3) is 0 Å². The van der Waals surface area contributed by atoms with E-state index in [0.717, 1.165) is 6.42 Å². The Kier molecular flexibility index (Phi) is 1.52. The van der Waals surface area contributed by atoms with Crippen LogP contribution in [0.1, 0.15) is 37.3 Å². The van der Waals surface area contributed by atoms with Gasteiger partial charge in [0.1, 0.15) is 0 Å². The molecule has 0 aromatic heterocycles. The summed E-state index contributed by atoms with van der Waals surface area (Å²) in [6, 6.07) is 8.51. The number of rotatable bonds is 0. The standard InChI is InChI=1S/C11H15N/c1-8-7-11(2,12)10-6-4-3-5-9(8)10/h3-6,8H,7,12H2,1-2H3/t8-,11?/m0/s1. The average molecular weight is 161 g/mol. The highest BCUT2D eigenvalue weighted by atomic mass is 14.7. The van der Waals surface area contributed by atoms with Crippen molar-refractivity contribution in [3.8, 4) is 0 Å². The maximum atomic E-state index is 6.18. The van der Waals surface area contributed by atoms with Gasteiger partial charge < -0.3 is 5.73 Å². The van der Waals surface area contributed by atoms with Crippen molar-refractivity contribution in [3.63, 3.8) is 0 Å². The fraction of sp³-hybridized carbons (Fsp3) is 0.455. The van der Waals surface area contributed by atoms with Crippen LogP contribution in [0.4, 0.5) is 0 Å². The van der Waals surface area contributed by atoms with E-state index in [-0.39, 0.29) is 5.54 Å². The zero-order chi connectivity index (χ0) is 8.77. The lowest BCUT2D eigenvalue weighted by atomic mass is 9.96. The Balaban J connectivity index is 2.58. The predicted molar refractivity (Wildman–Crippen MR) is 51.0 cm³/mol. The molecule has 1 aromatic carbocycles. The highest BCUT2D eigenvalue weighted by Gasteiger charge is 2.34. The lowest BCUT2D eigenvalue weighted by molar-refractivity contribution is 0.463. The van der Waals surface area contributed by atoms with Gasteiger partial charge in [0.25, 0.3) is 0 Å². The van der Waals surface area contributed by atoms with Crippen molar-refractivity contribution >= 4 is 0 Å². The fourth-order valence-corrected chi connectivity index (χ4v) is 2.30. The average Bonchev–Trinajstić information content (AvgIpc) is 2.25. The zero-order valence-electron chi connectivity index (χ0n) is 7.67. The summed E-state index contributed by atoms with van der Waals surface area (Å²) in [5.41, 5.74) is 8.84. The SMILES string of the molecule is C[C@H]1CC(C)(N)c2ccccc21. The van der Waals surface area contributed by atoms with E-state index in [1.807, 2.05) is 0 Å². The van der Waals surface area contributed by atoms with Crippen LogP contribution >= 0.6 is 0 Å². The summed E-state index contributed by atoms with van der Waals surface area (Å²) < 4.78 is 0. The highest BCUT2D eigenvalue weighted by Crippen LogP contribution is 2.41. The van der Waals surface area contributed by atoms with Crippen molar-refractivity contribution in [2.24, 2.45) is 5.73 Å². The molecule has 12 heavy (non-hydrogen) atoms. The lowest BCUT2D eigenvalue weighted by Gasteiger charge is -2.18. The number of fused-ring (bicyclic) bond motifs is 1. The van der Waals surface area contributed by atoms with Crippen molar-refractivity contribution < 1.29 is 0 Å². The van der Waals surface area contributed by atoms with E-state index in [0.29, 0.717) is 5.92 Å². The number of nitrogens with two attached hydrogens (primary N) is 1. The molecule has 0 saturated carbocycles. The van der Waals surface area contributed by atoms with Gasteiger partial charge in [0, 0.05) is 5.54 Å². The molecule has 0 fully saturated rings. The Bertz CT molecular complexity index is 302. The van der Waals surface area contributed by atoms with E-state index in [4.69, 9.17) is 5.73 Å². The van der Waals surface area contributed by atoms with Crippen LogP contribution in [0, 0.1) is 0 Å². The van der Waals surface area contributed by atoms with Gasteiger partial charge >= 0.3 is 0 Å². The summed E-state index contributed by atoms with van der Waals surface area (Å²) in [4.78, 5) is 0. The summed E-state index contributed by atoms with van der Waals surface area (Å²) in [6.45, 7) is 4.37. The van der Waals surface area contributed by atoms with Crippen LogP contribution in [0.15, 0.2) is 24.3 Å². The maximum absolute atomic E-state index is 6.18. The van der Waals surface area contributed by atoms with Crippen molar-refractivity contribution in [1.29, 1.82) is 0 Å². The van der Waals surface area contributed by atoms with E-state index >= 15 is 0 Å². The first kappa shape index (κ1) is 7.81. The van der Waals surface area contributed by atoms with Gasteiger partial charge in [0.15, 0.2) is 0 Å². The molecule has 1 unspecified atom stereocenters. The monoisotopic (exact) mass is 161 g/mol. The van der Waals surface area contributed by atoms with Gasteiger partial charge in [0.05, 0.1) is 0 Å². The van der Waals surface area contributed by atoms with Crippen LogP contribution in [0.3, 0.4) is 0 Å². The molecular weight excluding hydrogens is 146 g/mol. The van der Waals surface area contributed by atoms with Crippen molar-refractivity contribution in [2.45, 2.75) is 31.7 Å². The van der Waals surface area contributed by atoms with Crippen molar-refractivity contribution in [1.82, 2.24) is 0 Å². The minimum absolute atomic E-state index is 0.101. The largest absolute Gasteiger partial charge is 0.322 e. The molecule has 0 saturated heterocycles. The minimum atomic E-state index is -0.101. The first-order chi connectivity index (χ1) is 5.61. The van der Waals surface area contributed by atoms with E-state index in [9.17, 15) is 0 Å². The van der Waals surface area contributed by atoms with Crippen molar-refractivity contribution in [3.05, 3.63) is 35.4 Å². The Morgan fingerprint density at radius 3 is 2.75 bits per heavy atom. The molecule has 0 spiro atoms. The van der Waals surface area contributed by atoms with E-state index in [1.165, 1.54) is 11.1 Å². The Morgan fingerprint density at radius 1 is 1.42 bits per heavy atom. The molecule has 1 nitrogen and oxygen atoms in total. The summed E-state index contributed by atoms with van der Waals surface area (Å²) in [5, 5.41) is 0. The Hall–Kier alpha value is -0.820. The molecule has 0 heterocycles. The van der Waals surface area contributed by atoms with Gasteiger partial charge in [-0.3, -0.25) is 0 Å². The second-order valence-electron chi connectivity index (χ2n) is 4.11. The fourth-order valence-electron chi connectivity index (χ4n) is 2.30. The zero-order valence-corrected chi connectivity index (χ0v) is 7.67. The summed E-state index contributed by atoms with van der Waals surface area (Å²) >= 11 is 0. The summed E-state index contributed by atoms with van der Waals surface area (Å²) in [7, 11) is 0. The van der Waals surface area contributed by atoms with E-state index in [1.54, 1.807) is 0 Å². The van der Waals surface area contributed by atoms with Crippen LogP contribution in [-0.4, -0.2) is 0 Å². The van der Waals surface area contributed by atoms with Crippen molar-refractivity contribution in [2.75, 3.05) is 0 Å². The quantitative estimate of drug-likeness (QED) is 0.621. The predicted octanol–water partition coefficient (Wildman–Crippen LogP) is 2.37. The molecule has 1 aliphatic carbocycles. The molecule has 0 radical (unpaired) electrons. The molecule has 0 amide bonds. The molecule has 1 aliphatic rings. The topological polar surface area (TPSA) is 26.0 Å². The van der Waals surface area contributed by atoms with Gasteiger partial charge in [0.2, 0.25) is 0 Å². The number of benzene rings is 1. The molecular formula is C11H15N. The Labute approximate surface area is 73.6 Å². The molecule has 2 atom stereocenters. The summed E-state index contributed by atoms with van der Waals surface area (Å²) in [5.74, 6) is 0.621. The van der Waals surface area contributed by atoms with Crippen LogP contribution < -0.4 is 5.73 Å². The number of hydrogen-bond acceptors (Lipinski definition) is 1. The molecule has 64 valence electrons. The van der Waals surface area contributed by atoms with Gasteiger partial charge in [-0.2, -0.15) is 0 Å². The molecule has 0 bridgehead atoms. The van der Waals surface area contributed by atoms with E-state index in [2.05, 4.69) is 38.1 Å². The second kappa shape index (κ2) is 2.33. The third-order valence-corrected chi connectivity index (χ3v) is 2.84. The summed E-state index contributed by atoms with van der Waals surface area (Å²) in [6.07, 6.45) is 1.08. The minimum Gasteiger partial charge on any atom is -0.322 e. The Morgan fingerprint density at radius 2 is 2.08 bits per heavy atom. The van der Waals surface area contributed by atoms with Crippen LogP contribution in [0.2, 0.25) is 0 Å². The first-order valence-electron chi connectivity index (χ1n) is 4.49. The van der Waals surface area contributed by atoms with Crippen LogP contribution in [0.5, 0.6) is 0 Å². The second-order valence-corrected chi connectivity index (χ2v) is 4.11. The normalized spacial score (nSPS) is 33.4. The lowest BCUT2D eigenvalue weighted by Crippen LogP contribution is -2.29. The van der Waals surface area contributed by atoms with E-state index < -0.39 is 0 Å². The highest BCUT2D eigenvalue weighted by molar-refractivity contribution is 5.40. The first-order valence-corrected chi connectivity index (χ1v) is 4.49. The van der Waals surface area contributed by atoms with Gasteiger partial charge in [-0.15, -0.1) is 0 Å². The molecule has 2 N–H and O–H groups in total. The smallest absolute Gasteiger partial charge is 0.0389 e. The maximum Gasteiger partial charge on any atom is 0.0389 e. The molecule has 2 rings (SSSR count). The van der Waals surface area contributed by atoms with Gasteiger partial charge in [-0.1, -0.05) is 31.2 Å². The van der Waals surface area contributed by atoms with Crippen LogP contribution in [-0.2, 0) is 5.54 Å². The molecule has 1 heteroatoms. The third-order valence-electron chi connectivity index (χ3n) is 2.84. The molecule has 0 aliphatic heterocycles. The number of hydrogen-bond donors (Lipinski definition) is 1.